The number of aliphatic hydroxyl groups excluding tert-OH is 1. The summed E-state index contributed by atoms with van der Waals surface area (Å²) in [6.45, 7) is 1.79. The number of oxazole rings is 1. The van der Waals surface area contributed by atoms with E-state index in [1.165, 1.54) is 4.90 Å². The van der Waals surface area contributed by atoms with Gasteiger partial charge in [0.25, 0.3) is 0 Å². The van der Waals surface area contributed by atoms with Crippen LogP contribution in [0.3, 0.4) is 0 Å². The SMILES string of the molecule is CN(CO)C(=O)CCCNc1nc(N2CCC(c3nc4ccccc4o3)CC2)nc2c1S(=O)CC2. The van der Waals surface area contributed by atoms with Gasteiger partial charge in [-0.15, -0.1) is 0 Å². The van der Waals surface area contributed by atoms with E-state index in [1.54, 1.807) is 7.05 Å². The first-order valence-corrected chi connectivity index (χ1v) is 13.3. The zero-order valence-corrected chi connectivity index (χ0v) is 20.6. The average Bonchev–Trinajstić information content (AvgIpc) is 3.49. The molecule has 3 aromatic rings. The number of hydrogen-bond donors (Lipinski definition) is 2. The molecule has 0 saturated carbocycles. The van der Waals surface area contributed by atoms with Crippen molar-refractivity contribution in [3.63, 3.8) is 0 Å². The van der Waals surface area contributed by atoms with Gasteiger partial charge in [-0.05, 0) is 31.4 Å². The van der Waals surface area contributed by atoms with Gasteiger partial charge in [-0.25, -0.2) is 9.97 Å². The van der Waals surface area contributed by atoms with E-state index < -0.39 is 10.8 Å². The van der Waals surface area contributed by atoms with Crippen LogP contribution in [0.2, 0.25) is 0 Å². The summed E-state index contributed by atoms with van der Waals surface area (Å²) in [4.78, 5) is 30.2. The number of fused-ring (bicyclic) bond motifs is 2. The van der Waals surface area contributed by atoms with Crippen molar-refractivity contribution in [1.82, 2.24) is 19.9 Å². The largest absolute Gasteiger partial charge is 0.440 e. The molecular weight excluding hydrogens is 468 g/mol. The number of anilines is 2. The van der Waals surface area contributed by atoms with Gasteiger partial charge in [-0.1, -0.05) is 12.1 Å². The Balaban J connectivity index is 1.25. The average molecular weight is 499 g/mol. The quantitative estimate of drug-likeness (QED) is 0.355. The Hall–Kier alpha value is -3.05. The second-order valence-electron chi connectivity index (χ2n) is 8.99. The summed E-state index contributed by atoms with van der Waals surface area (Å²) in [7, 11) is 0.446. The Morgan fingerprint density at radius 3 is 2.83 bits per heavy atom. The van der Waals surface area contributed by atoms with Crippen LogP contribution in [0.5, 0.6) is 0 Å². The van der Waals surface area contributed by atoms with Crippen molar-refractivity contribution in [2.45, 2.75) is 42.9 Å². The van der Waals surface area contributed by atoms with Gasteiger partial charge in [0.15, 0.2) is 11.5 Å². The molecule has 4 heterocycles. The molecule has 2 aliphatic heterocycles. The third-order valence-electron chi connectivity index (χ3n) is 6.61. The Morgan fingerprint density at radius 2 is 2.06 bits per heavy atom. The number of carbonyl (C=O) groups excluding carboxylic acids is 1. The minimum Gasteiger partial charge on any atom is -0.440 e. The van der Waals surface area contributed by atoms with Crippen LogP contribution in [0.1, 0.15) is 43.2 Å². The smallest absolute Gasteiger partial charge is 0.227 e. The molecule has 11 heteroatoms. The summed E-state index contributed by atoms with van der Waals surface area (Å²) in [5.74, 6) is 2.74. The molecule has 1 saturated heterocycles. The van der Waals surface area contributed by atoms with E-state index in [9.17, 15) is 9.00 Å². The first kappa shape index (κ1) is 23.7. The Labute approximate surface area is 206 Å². The third kappa shape index (κ3) is 5.01. The van der Waals surface area contributed by atoms with Crippen molar-refractivity contribution < 1.29 is 18.5 Å². The summed E-state index contributed by atoms with van der Waals surface area (Å²) in [5, 5.41) is 12.4. The predicted molar refractivity (Wildman–Crippen MR) is 133 cm³/mol. The molecule has 2 N–H and O–H groups in total. The van der Waals surface area contributed by atoms with Gasteiger partial charge in [0.2, 0.25) is 11.9 Å². The lowest BCUT2D eigenvalue weighted by Gasteiger charge is -2.31. The van der Waals surface area contributed by atoms with Gasteiger partial charge in [0, 0.05) is 51.2 Å². The predicted octanol–water partition coefficient (Wildman–Crippen LogP) is 2.27. The number of carbonyl (C=O) groups is 1. The number of amides is 1. The molecule has 0 aliphatic carbocycles. The highest BCUT2D eigenvalue weighted by Crippen LogP contribution is 2.34. The summed E-state index contributed by atoms with van der Waals surface area (Å²) < 4.78 is 18.6. The number of nitrogens with one attached hydrogen (secondary N) is 1. The van der Waals surface area contributed by atoms with Gasteiger partial charge in [0.05, 0.1) is 16.5 Å². The molecule has 5 rings (SSSR count). The molecule has 1 fully saturated rings. The van der Waals surface area contributed by atoms with Crippen LogP contribution in [0.15, 0.2) is 33.6 Å². The number of piperidine rings is 1. The molecule has 0 spiro atoms. The zero-order chi connectivity index (χ0) is 24.4. The molecule has 35 heavy (non-hydrogen) atoms. The minimum atomic E-state index is -1.12. The molecule has 1 unspecified atom stereocenters. The molecule has 0 bridgehead atoms. The first-order valence-electron chi connectivity index (χ1n) is 12.0. The highest BCUT2D eigenvalue weighted by Gasteiger charge is 2.30. The number of para-hydroxylation sites is 2. The van der Waals surface area contributed by atoms with E-state index in [1.807, 2.05) is 24.3 Å². The van der Waals surface area contributed by atoms with Crippen molar-refractivity contribution in [2.24, 2.45) is 0 Å². The normalized spacial score (nSPS) is 18.1. The van der Waals surface area contributed by atoms with Gasteiger partial charge in [-0.2, -0.15) is 4.98 Å². The van der Waals surface area contributed by atoms with E-state index in [4.69, 9.17) is 19.5 Å². The number of aliphatic hydroxyl groups is 1. The highest BCUT2D eigenvalue weighted by atomic mass is 32.2. The molecule has 0 radical (unpaired) electrons. The maximum atomic E-state index is 12.6. The number of nitrogens with zero attached hydrogens (tertiary/aromatic N) is 5. The fraction of sp³-hybridized carbons (Fsp3) is 0.500. The lowest BCUT2D eigenvalue weighted by molar-refractivity contribution is -0.133. The molecule has 1 amide bonds. The van der Waals surface area contributed by atoms with Crippen LogP contribution >= 0.6 is 0 Å². The minimum absolute atomic E-state index is 0.117. The Morgan fingerprint density at radius 1 is 1.26 bits per heavy atom. The Kier molecular flexibility index (Phi) is 6.96. The summed E-state index contributed by atoms with van der Waals surface area (Å²) >= 11 is 0. The number of hydrogen-bond acceptors (Lipinski definition) is 9. The van der Waals surface area contributed by atoms with Crippen LogP contribution in [0.25, 0.3) is 11.1 Å². The third-order valence-corrected chi connectivity index (χ3v) is 8.07. The van der Waals surface area contributed by atoms with Crippen LogP contribution in [-0.2, 0) is 22.0 Å². The van der Waals surface area contributed by atoms with Crippen molar-refractivity contribution in [3.05, 3.63) is 35.9 Å². The van der Waals surface area contributed by atoms with E-state index in [0.29, 0.717) is 48.2 Å². The van der Waals surface area contributed by atoms with Crippen LogP contribution in [0, 0.1) is 0 Å². The van der Waals surface area contributed by atoms with Crippen molar-refractivity contribution in [2.75, 3.05) is 49.4 Å². The molecule has 2 aromatic heterocycles. The van der Waals surface area contributed by atoms with Crippen LogP contribution in [-0.4, -0.2) is 74.2 Å². The fourth-order valence-corrected chi connectivity index (χ4v) is 5.88. The molecule has 1 atom stereocenters. The van der Waals surface area contributed by atoms with E-state index in [-0.39, 0.29) is 18.6 Å². The maximum absolute atomic E-state index is 12.6. The molecule has 186 valence electrons. The summed E-state index contributed by atoms with van der Waals surface area (Å²) in [6.07, 6.45) is 3.35. The zero-order valence-electron chi connectivity index (χ0n) is 19.8. The van der Waals surface area contributed by atoms with Gasteiger partial charge in [-0.3, -0.25) is 9.00 Å². The van der Waals surface area contributed by atoms with Crippen molar-refractivity contribution >= 4 is 39.6 Å². The molecule has 2 aliphatic rings. The van der Waals surface area contributed by atoms with Gasteiger partial charge in [0.1, 0.15) is 23.0 Å². The van der Waals surface area contributed by atoms with Crippen molar-refractivity contribution in [1.29, 1.82) is 0 Å². The second kappa shape index (κ2) is 10.3. The number of aromatic nitrogens is 3. The monoisotopic (exact) mass is 498 g/mol. The molecule has 1 aromatic carbocycles. The first-order chi connectivity index (χ1) is 17.0. The maximum Gasteiger partial charge on any atom is 0.227 e. The lowest BCUT2D eigenvalue weighted by Crippen LogP contribution is -2.34. The van der Waals surface area contributed by atoms with Crippen LogP contribution < -0.4 is 10.2 Å². The summed E-state index contributed by atoms with van der Waals surface area (Å²) in [6, 6.07) is 7.83. The van der Waals surface area contributed by atoms with Crippen LogP contribution in [0.4, 0.5) is 11.8 Å². The molecular formula is C24H30N6O4S. The second-order valence-corrected chi connectivity index (χ2v) is 10.5. The number of rotatable bonds is 8. The number of benzene rings is 1. The van der Waals surface area contributed by atoms with E-state index in [0.717, 1.165) is 48.6 Å². The van der Waals surface area contributed by atoms with Gasteiger partial charge >= 0.3 is 0 Å². The molecule has 10 nitrogen and oxygen atoms in total. The highest BCUT2D eigenvalue weighted by molar-refractivity contribution is 7.85. The van der Waals surface area contributed by atoms with E-state index in [2.05, 4.69) is 15.2 Å². The fourth-order valence-electron chi connectivity index (χ4n) is 4.55. The topological polar surface area (TPSA) is 125 Å². The van der Waals surface area contributed by atoms with Gasteiger partial charge < -0.3 is 24.6 Å². The van der Waals surface area contributed by atoms with E-state index >= 15 is 0 Å². The lowest BCUT2D eigenvalue weighted by atomic mass is 9.97. The standard InChI is InChI=1S/C24H30N6O4S/c1-29(15-31)20(32)7-4-11-25-22-21-18(10-14-35(21)33)27-24(28-22)30-12-8-16(9-13-30)23-26-17-5-2-3-6-19(17)34-23/h2-3,5-6,16,31H,4,7-15H2,1H3,(H,25,27,28). The van der Waals surface area contributed by atoms with Crippen molar-refractivity contribution in [3.8, 4) is 0 Å². The Bertz CT molecular complexity index is 1210. The summed E-state index contributed by atoms with van der Waals surface area (Å²) in [5.41, 5.74) is 2.55. The number of aryl methyl sites for hydroxylation is 1.